The third kappa shape index (κ3) is 3.78. The number of aromatic nitrogens is 2. The Bertz CT molecular complexity index is 764. The van der Waals surface area contributed by atoms with Crippen LogP contribution < -0.4 is 10.9 Å². The van der Waals surface area contributed by atoms with E-state index in [2.05, 4.69) is 27.1 Å². The first-order valence-corrected chi connectivity index (χ1v) is 6.16. The molecule has 0 aliphatic carbocycles. The molecule has 6 nitrogen and oxygen atoms in total. The maximum atomic E-state index is 12.0. The molecule has 0 unspecified atom stereocenters. The Hall–Kier alpha value is -2.91. The number of anilines is 1. The van der Waals surface area contributed by atoms with Gasteiger partial charge in [-0.05, 0) is 24.6 Å². The number of amides is 1. The fourth-order valence-electron chi connectivity index (χ4n) is 1.63. The van der Waals surface area contributed by atoms with Gasteiger partial charge in [-0.1, -0.05) is 17.9 Å². The number of H-pyrrole nitrogens is 1. The van der Waals surface area contributed by atoms with Crippen LogP contribution in [0.3, 0.4) is 0 Å². The number of nitrogens with one attached hydrogen (secondary N) is 2. The van der Waals surface area contributed by atoms with Gasteiger partial charge in [-0.2, -0.15) is 0 Å². The summed E-state index contributed by atoms with van der Waals surface area (Å²) in [7, 11) is 0. The molecule has 2 aromatic rings. The van der Waals surface area contributed by atoms with E-state index in [4.69, 9.17) is 5.11 Å². The van der Waals surface area contributed by atoms with Crippen LogP contribution >= 0.6 is 0 Å². The van der Waals surface area contributed by atoms with Crippen LogP contribution in [0.1, 0.15) is 21.6 Å². The molecule has 1 amide bonds. The summed E-state index contributed by atoms with van der Waals surface area (Å²) in [5, 5.41) is 11.4. The largest absolute Gasteiger partial charge is 0.384 e. The van der Waals surface area contributed by atoms with E-state index in [9.17, 15) is 9.59 Å². The first kappa shape index (κ1) is 14.5. The van der Waals surface area contributed by atoms with Gasteiger partial charge >= 0.3 is 0 Å². The number of aliphatic hydroxyl groups is 1. The summed E-state index contributed by atoms with van der Waals surface area (Å²) in [6.07, 6.45) is 2.29. The zero-order valence-corrected chi connectivity index (χ0v) is 11.3. The van der Waals surface area contributed by atoms with Gasteiger partial charge in [0, 0.05) is 17.4 Å². The van der Waals surface area contributed by atoms with Gasteiger partial charge in [0.2, 0.25) is 0 Å². The molecule has 0 radical (unpaired) electrons. The van der Waals surface area contributed by atoms with Crippen LogP contribution in [0, 0.1) is 18.8 Å². The van der Waals surface area contributed by atoms with Crippen molar-refractivity contribution in [1.29, 1.82) is 0 Å². The van der Waals surface area contributed by atoms with Crippen molar-refractivity contribution in [3.05, 3.63) is 57.8 Å². The van der Waals surface area contributed by atoms with Gasteiger partial charge < -0.3 is 15.4 Å². The summed E-state index contributed by atoms with van der Waals surface area (Å²) in [5.74, 6) is 4.94. The van der Waals surface area contributed by atoms with E-state index in [1.165, 1.54) is 6.20 Å². The zero-order chi connectivity index (χ0) is 15.2. The molecule has 0 spiro atoms. The van der Waals surface area contributed by atoms with Gasteiger partial charge in [0.15, 0.2) is 0 Å². The van der Waals surface area contributed by atoms with E-state index in [-0.39, 0.29) is 17.9 Å². The maximum absolute atomic E-state index is 12.0. The molecule has 1 heterocycles. The SMILES string of the molecule is Cc1ccc(NC(=O)c2c[nH]c(=O)cn2)cc1C#CCO. The molecule has 0 fully saturated rings. The molecule has 0 saturated heterocycles. The minimum atomic E-state index is -0.434. The highest BCUT2D eigenvalue weighted by Crippen LogP contribution is 2.15. The second kappa shape index (κ2) is 6.50. The standard InChI is InChI=1S/C15H13N3O3/c1-10-4-5-12(7-11(10)3-2-6-19)18-15(21)13-8-17-14(20)9-16-13/h4-5,7-9,19H,6H2,1H3,(H,17,20)(H,18,21). The highest BCUT2D eigenvalue weighted by Gasteiger charge is 2.08. The van der Waals surface area contributed by atoms with Crippen LogP contribution in [0.5, 0.6) is 0 Å². The van der Waals surface area contributed by atoms with Gasteiger partial charge in [-0.3, -0.25) is 9.59 Å². The lowest BCUT2D eigenvalue weighted by molar-refractivity contribution is 0.102. The van der Waals surface area contributed by atoms with Crippen LogP contribution in [-0.2, 0) is 0 Å². The van der Waals surface area contributed by atoms with Gasteiger partial charge in [0.05, 0.1) is 6.20 Å². The van der Waals surface area contributed by atoms with Gasteiger partial charge in [0.25, 0.3) is 11.5 Å². The van der Waals surface area contributed by atoms with Crippen molar-refractivity contribution >= 4 is 11.6 Å². The van der Waals surface area contributed by atoms with Crippen molar-refractivity contribution in [3.8, 4) is 11.8 Å². The Morgan fingerprint density at radius 1 is 1.48 bits per heavy atom. The molecule has 21 heavy (non-hydrogen) atoms. The predicted octanol–water partition coefficient (Wildman–Crippen LogP) is 0.674. The number of aryl methyl sites for hydroxylation is 1. The Labute approximate surface area is 120 Å². The molecule has 3 N–H and O–H groups in total. The Kier molecular flexibility index (Phi) is 4.49. The van der Waals surface area contributed by atoms with Gasteiger partial charge in [0.1, 0.15) is 12.3 Å². The summed E-state index contributed by atoms with van der Waals surface area (Å²) >= 11 is 0. The average molecular weight is 283 g/mol. The molecule has 2 rings (SSSR count). The molecule has 0 atom stereocenters. The van der Waals surface area contributed by atoms with E-state index in [1.807, 2.05) is 13.0 Å². The lowest BCUT2D eigenvalue weighted by atomic mass is 10.1. The maximum Gasteiger partial charge on any atom is 0.275 e. The van der Waals surface area contributed by atoms with Crippen LogP contribution in [0.2, 0.25) is 0 Å². The van der Waals surface area contributed by atoms with Crippen molar-refractivity contribution in [3.63, 3.8) is 0 Å². The van der Waals surface area contributed by atoms with Crippen LogP contribution in [0.15, 0.2) is 35.4 Å². The number of nitrogens with zero attached hydrogens (tertiary/aromatic N) is 1. The quantitative estimate of drug-likeness (QED) is 0.706. The van der Waals surface area contributed by atoms with E-state index < -0.39 is 5.91 Å². The third-order valence-corrected chi connectivity index (χ3v) is 2.70. The molecule has 6 heteroatoms. The second-order valence-electron chi connectivity index (χ2n) is 4.24. The minimum absolute atomic E-state index is 0.109. The van der Waals surface area contributed by atoms with E-state index >= 15 is 0 Å². The zero-order valence-electron chi connectivity index (χ0n) is 11.3. The number of aliphatic hydroxyl groups excluding tert-OH is 1. The van der Waals surface area contributed by atoms with Crippen LogP contribution in [0.4, 0.5) is 5.69 Å². The van der Waals surface area contributed by atoms with Crippen molar-refractivity contribution in [2.45, 2.75) is 6.92 Å². The molecule has 0 bridgehead atoms. The van der Waals surface area contributed by atoms with E-state index in [0.29, 0.717) is 5.69 Å². The minimum Gasteiger partial charge on any atom is -0.384 e. The monoisotopic (exact) mass is 283 g/mol. The predicted molar refractivity (Wildman–Crippen MR) is 78.0 cm³/mol. The highest BCUT2D eigenvalue weighted by molar-refractivity contribution is 6.02. The second-order valence-corrected chi connectivity index (χ2v) is 4.24. The average Bonchev–Trinajstić information content (AvgIpc) is 2.48. The summed E-state index contributed by atoms with van der Waals surface area (Å²) in [4.78, 5) is 29.0. The molecular weight excluding hydrogens is 270 g/mol. The Balaban J connectivity index is 2.21. The third-order valence-electron chi connectivity index (χ3n) is 2.70. The normalized spacial score (nSPS) is 9.62. The number of hydrogen-bond acceptors (Lipinski definition) is 4. The summed E-state index contributed by atoms with van der Waals surface area (Å²) in [6.45, 7) is 1.66. The number of rotatable bonds is 2. The van der Waals surface area contributed by atoms with Crippen molar-refractivity contribution < 1.29 is 9.90 Å². The first-order chi connectivity index (χ1) is 10.1. The van der Waals surface area contributed by atoms with E-state index in [0.717, 1.165) is 17.3 Å². The number of benzene rings is 1. The Morgan fingerprint density at radius 2 is 2.29 bits per heavy atom. The van der Waals surface area contributed by atoms with E-state index in [1.54, 1.807) is 12.1 Å². The smallest absolute Gasteiger partial charge is 0.275 e. The highest BCUT2D eigenvalue weighted by atomic mass is 16.2. The lowest BCUT2D eigenvalue weighted by Gasteiger charge is -2.06. The number of hydrogen-bond donors (Lipinski definition) is 3. The molecule has 106 valence electrons. The fourth-order valence-corrected chi connectivity index (χ4v) is 1.63. The van der Waals surface area contributed by atoms with Crippen molar-refractivity contribution in [2.24, 2.45) is 0 Å². The molecule has 0 saturated carbocycles. The number of carbonyl (C=O) groups is 1. The van der Waals surface area contributed by atoms with Gasteiger partial charge in [-0.25, -0.2) is 4.98 Å². The number of carbonyl (C=O) groups excluding carboxylic acids is 1. The lowest BCUT2D eigenvalue weighted by Crippen LogP contribution is -2.17. The summed E-state index contributed by atoms with van der Waals surface area (Å²) < 4.78 is 0. The Morgan fingerprint density at radius 3 is 2.95 bits per heavy atom. The number of aromatic amines is 1. The van der Waals surface area contributed by atoms with Crippen molar-refractivity contribution in [2.75, 3.05) is 11.9 Å². The van der Waals surface area contributed by atoms with Crippen LogP contribution in [0.25, 0.3) is 0 Å². The molecule has 1 aromatic heterocycles. The van der Waals surface area contributed by atoms with Gasteiger partial charge in [-0.15, -0.1) is 0 Å². The molecule has 1 aromatic carbocycles. The molecule has 0 aliphatic heterocycles. The summed E-state index contributed by atoms with van der Waals surface area (Å²) in [5.41, 5.74) is 1.95. The van der Waals surface area contributed by atoms with Crippen LogP contribution in [-0.4, -0.2) is 27.6 Å². The molecular formula is C15H13N3O3. The molecule has 0 aliphatic rings. The summed E-state index contributed by atoms with van der Waals surface area (Å²) in [6, 6.07) is 5.27. The topological polar surface area (TPSA) is 95.1 Å². The first-order valence-electron chi connectivity index (χ1n) is 6.16. The fraction of sp³-hybridized carbons (Fsp3) is 0.133. The van der Waals surface area contributed by atoms with Crippen molar-refractivity contribution in [1.82, 2.24) is 9.97 Å².